The van der Waals surface area contributed by atoms with Gasteiger partial charge in [-0.1, -0.05) is 6.07 Å². The summed E-state index contributed by atoms with van der Waals surface area (Å²) in [4.78, 5) is 0.362. The summed E-state index contributed by atoms with van der Waals surface area (Å²) in [6, 6.07) is 6.58. The van der Waals surface area contributed by atoms with E-state index in [0.29, 0.717) is 17.3 Å². The standard InChI is InChI=1S/C8H10O3S/c1-2-11-7-4-3-5-8(6-7)12(9)10/h3-6H,2H2,1H3,(H,9,10). The lowest BCUT2D eigenvalue weighted by molar-refractivity contribution is 0.339. The number of ether oxygens (including phenoxy) is 1. The Kier molecular flexibility index (Phi) is 3.25. The van der Waals surface area contributed by atoms with Gasteiger partial charge in [-0.25, -0.2) is 4.21 Å². The summed E-state index contributed by atoms with van der Waals surface area (Å²) in [5, 5.41) is 0. The Morgan fingerprint density at radius 1 is 1.58 bits per heavy atom. The van der Waals surface area contributed by atoms with Gasteiger partial charge in [-0.2, -0.15) is 0 Å². The highest BCUT2D eigenvalue weighted by molar-refractivity contribution is 7.79. The first-order chi connectivity index (χ1) is 5.74. The molecule has 1 aromatic carbocycles. The SMILES string of the molecule is CCOc1cccc(S(=O)O)c1. The number of hydrogen-bond donors (Lipinski definition) is 1. The van der Waals surface area contributed by atoms with E-state index in [-0.39, 0.29) is 0 Å². The van der Waals surface area contributed by atoms with E-state index >= 15 is 0 Å². The average molecular weight is 186 g/mol. The van der Waals surface area contributed by atoms with E-state index in [4.69, 9.17) is 9.29 Å². The van der Waals surface area contributed by atoms with Crippen LogP contribution in [0, 0.1) is 0 Å². The predicted molar refractivity (Wildman–Crippen MR) is 46.6 cm³/mol. The van der Waals surface area contributed by atoms with Crippen LogP contribution in [-0.4, -0.2) is 15.4 Å². The molecule has 0 amide bonds. The first-order valence-corrected chi connectivity index (χ1v) is 4.68. The molecule has 66 valence electrons. The molecular weight excluding hydrogens is 176 g/mol. The molecule has 0 aliphatic rings. The third kappa shape index (κ3) is 2.32. The lowest BCUT2D eigenvalue weighted by Gasteiger charge is -2.02. The van der Waals surface area contributed by atoms with Gasteiger partial charge in [-0.05, 0) is 25.1 Å². The van der Waals surface area contributed by atoms with Gasteiger partial charge in [0.2, 0.25) is 0 Å². The minimum absolute atomic E-state index is 0.362. The number of rotatable bonds is 3. The topological polar surface area (TPSA) is 46.5 Å². The van der Waals surface area contributed by atoms with Crippen molar-refractivity contribution in [1.29, 1.82) is 0 Å². The molecular formula is C8H10O3S. The van der Waals surface area contributed by atoms with Gasteiger partial charge in [0.15, 0.2) is 11.1 Å². The fourth-order valence-corrected chi connectivity index (χ4v) is 1.25. The van der Waals surface area contributed by atoms with Crippen molar-refractivity contribution >= 4 is 11.1 Å². The molecule has 0 spiro atoms. The van der Waals surface area contributed by atoms with Crippen molar-refractivity contribution in [2.24, 2.45) is 0 Å². The minimum atomic E-state index is -1.92. The zero-order valence-electron chi connectivity index (χ0n) is 6.69. The largest absolute Gasteiger partial charge is 0.494 e. The number of hydrogen-bond acceptors (Lipinski definition) is 2. The summed E-state index contributed by atoms with van der Waals surface area (Å²) < 4.78 is 24.5. The molecule has 0 aliphatic heterocycles. The molecule has 0 heterocycles. The molecule has 1 atom stereocenters. The predicted octanol–water partition coefficient (Wildman–Crippen LogP) is 1.67. The first-order valence-electron chi connectivity index (χ1n) is 3.57. The fourth-order valence-electron chi connectivity index (χ4n) is 0.839. The zero-order chi connectivity index (χ0) is 8.97. The van der Waals surface area contributed by atoms with Crippen LogP contribution in [0.15, 0.2) is 29.2 Å². The third-order valence-corrected chi connectivity index (χ3v) is 1.98. The van der Waals surface area contributed by atoms with Crippen LogP contribution >= 0.6 is 0 Å². The zero-order valence-corrected chi connectivity index (χ0v) is 7.50. The highest BCUT2D eigenvalue weighted by Crippen LogP contribution is 2.14. The summed E-state index contributed by atoms with van der Waals surface area (Å²) in [6.07, 6.45) is 0. The number of benzene rings is 1. The van der Waals surface area contributed by atoms with Gasteiger partial charge in [0.05, 0.1) is 11.5 Å². The maximum atomic E-state index is 10.6. The summed E-state index contributed by atoms with van der Waals surface area (Å²) in [5.41, 5.74) is 0. The van der Waals surface area contributed by atoms with Gasteiger partial charge in [0.25, 0.3) is 0 Å². The molecule has 0 aliphatic carbocycles. The van der Waals surface area contributed by atoms with Crippen LogP contribution in [0.3, 0.4) is 0 Å². The van der Waals surface area contributed by atoms with Gasteiger partial charge >= 0.3 is 0 Å². The highest BCUT2D eigenvalue weighted by Gasteiger charge is 2.00. The summed E-state index contributed by atoms with van der Waals surface area (Å²) in [5.74, 6) is 0.623. The first kappa shape index (κ1) is 9.22. The van der Waals surface area contributed by atoms with Crippen molar-refractivity contribution in [3.05, 3.63) is 24.3 Å². The Labute approximate surface area is 73.7 Å². The molecule has 0 aromatic heterocycles. The van der Waals surface area contributed by atoms with Crippen molar-refractivity contribution in [3.63, 3.8) is 0 Å². The lowest BCUT2D eigenvalue weighted by Crippen LogP contribution is -1.93. The van der Waals surface area contributed by atoms with Crippen molar-refractivity contribution in [1.82, 2.24) is 0 Å². The Balaban J connectivity index is 2.88. The summed E-state index contributed by atoms with van der Waals surface area (Å²) in [6.45, 7) is 2.42. The lowest BCUT2D eigenvalue weighted by atomic mass is 10.3. The second kappa shape index (κ2) is 4.23. The van der Waals surface area contributed by atoms with Crippen LogP contribution in [0.2, 0.25) is 0 Å². The van der Waals surface area contributed by atoms with Crippen LogP contribution in [0.25, 0.3) is 0 Å². The Morgan fingerprint density at radius 3 is 2.92 bits per heavy atom. The fraction of sp³-hybridized carbons (Fsp3) is 0.250. The molecule has 0 saturated carbocycles. The molecule has 1 aromatic rings. The smallest absolute Gasteiger partial charge is 0.186 e. The van der Waals surface area contributed by atoms with E-state index in [1.165, 1.54) is 0 Å². The van der Waals surface area contributed by atoms with Crippen LogP contribution in [-0.2, 0) is 11.1 Å². The normalized spacial score (nSPS) is 12.5. The molecule has 0 radical (unpaired) electrons. The molecule has 12 heavy (non-hydrogen) atoms. The van der Waals surface area contributed by atoms with E-state index in [1.54, 1.807) is 24.3 Å². The van der Waals surface area contributed by atoms with Crippen molar-refractivity contribution < 1.29 is 13.5 Å². The van der Waals surface area contributed by atoms with Gasteiger partial charge < -0.3 is 9.29 Å². The van der Waals surface area contributed by atoms with Gasteiger partial charge in [0.1, 0.15) is 5.75 Å². The molecule has 1 unspecified atom stereocenters. The molecule has 0 saturated heterocycles. The van der Waals surface area contributed by atoms with Crippen molar-refractivity contribution in [3.8, 4) is 5.75 Å². The summed E-state index contributed by atoms with van der Waals surface area (Å²) in [7, 11) is 0. The highest BCUT2D eigenvalue weighted by atomic mass is 32.2. The van der Waals surface area contributed by atoms with Crippen LogP contribution in [0.5, 0.6) is 5.75 Å². The van der Waals surface area contributed by atoms with E-state index in [9.17, 15) is 4.21 Å². The van der Waals surface area contributed by atoms with Crippen molar-refractivity contribution in [2.75, 3.05) is 6.61 Å². The average Bonchev–Trinajstić information content (AvgIpc) is 2.05. The monoisotopic (exact) mass is 186 g/mol. The molecule has 1 rings (SSSR count). The quantitative estimate of drug-likeness (QED) is 0.730. The molecule has 0 fully saturated rings. The Bertz CT molecular complexity index is 285. The van der Waals surface area contributed by atoms with Crippen molar-refractivity contribution in [2.45, 2.75) is 11.8 Å². The van der Waals surface area contributed by atoms with Gasteiger partial charge in [-0.3, -0.25) is 0 Å². The van der Waals surface area contributed by atoms with E-state index in [1.807, 2.05) is 6.92 Å². The van der Waals surface area contributed by atoms with E-state index < -0.39 is 11.1 Å². The summed E-state index contributed by atoms with van der Waals surface area (Å²) >= 11 is -1.92. The molecule has 1 N–H and O–H groups in total. The Hall–Kier alpha value is -0.870. The maximum absolute atomic E-state index is 10.6. The van der Waals surface area contributed by atoms with Crippen LogP contribution in [0.4, 0.5) is 0 Å². The maximum Gasteiger partial charge on any atom is 0.186 e. The van der Waals surface area contributed by atoms with E-state index in [2.05, 4.69) is 0 Å². The second-order valence-electron chi connectivity index (χ2n) is 2.16. The minimum Gasteiger partial charge on any atom is -0.494 e. The van der Waals surface area contributed by atoms with Crippen LogP contribution in [0.1, 0.15) is 6.92 Å². The van der Waals surface area contributed by atoms with Gasteiger partial charge in [-0.15, -0.1) is 0 Å². The van der Waals surface area contributed by atoms with Gasteiger partial charge in [0, 0.05) is 0 Å². The third-order valence-electron chi connectivity index (χ3n) is 1.32. The van der Waals surface area contributed by atoms with E-state index in [0.717, 1.165) is 0 Å². The second-order valence-corrected chi connectivity index (χ2v) is 3.13. The van der Waals surface area contributed by atoms with Crippen LogP contribution < -0.4 is 4.74 Å². The molecule has 0 bridgehead atoms. The Morgan fingerprint density at radius 2 is 2.33 bits per heavy atom. The molecule has 3 nitrogen and oxygen atoms in total. The molecule has 4 heteroatoms.